The van der Waals surface area contributed by atoms with Gasteiger partial charge in [-0.05, 0) is 36.6 Å². The lowest BCUT2D eigenvalue weighted by Gasteiger charge is -2.15. The van der Waals surface area contributed by atoms with E-state index in [2.05, 4.69) is 15.6 Å². The molecule has 1 aliphatic carbocycles. The molecular formula is C26H24N4O3S. The predicted molar refractivity (Wildman–Crippen MR) is 134 cm³/mol. The van der Waals surface area contributed by atoms with Crippen LogP contribution in [0.2, 0.25) is 0 Å². The predicted octanol–water partition coefficient (Wildman–Crippen LogP) is 4.44. The first-order valence-corrected chi connectivity index (χ1v) is 12.1. The van der Waals surface area contributed by atoms with Crippen molar-refractivity contribution >= 4 is 39.1 Å². The van der Waals surface area contributed by atoms with Gasteiger partial charge >= 0.3 is 0 Å². The molecule has 5 rings (SSSR count). The van der Waals surface area contributed by atoms with E-state index >= 15 is 0 Å². The van der Waals surface area contributed by atoms with Crippen LogP contribution in [-0.4, -0.2) is 27.4 Å². The zero-order valence-corrected chi connectivity index (χ0v) is 19.3. The van der Waals surface area contributed by atoms with Crippen LogP contribution in [0.1, 0.15) is 36.0 Å². The van der Waals surface area contributed by atoms with Gasteiger partial charge in [-0.3, -0.25) is 19.0 Å². The fourth-order valence-electron chi connectivity index (χ4n) is 4.27. The van der Waals surface area contributed by atoms with Crippen molar-refractivity contribution in [3.63, 3.8) is 0 Å². The summed E-state index contributed by atoms with van der Waals surface area (Å²) in [5.74, 6) is -0.598. The Kier molecular flexibility index (Phi) is 6.22. The number of nitrogens with zero attached hydrogens (tertiary/aromatic N) is 2. The highest BCUT2D eigenvalue weighted by Crippen LogP contribution is 2.30. The molecule has 2 aromatic heterocycles. The topological polar surface area (TPSA) is 93.1 Å². The van der Waals surface area contributed by atoms with Gasteiger partial charge in [0, 0.05) is 10.9 Å². The van der Waals surface area contributed by atoms with E-state index in [1.54, 1.807) is 24.3 Å². The number of hydrogen-bond acceptors (Lipinski definition) is 5. The molecule has 8 heteroatoms. The maximum absolute atomic E-state index is 13.0. The zero-order chi connectivity index (χ0) is 23.5. The molecule has 2 amide bonds. The third kappa shape index (κ3) is 4.63. The van der Waals surface area contributed by atoms with Crippen molar-refractivity contribution in [1.29, 1.82) is 0 Å². The second-order valence-electron chi connectivity index (χ2n) is 8.42. The van der Waals surface area contributed by atoms with Gasteiger partial charge in [0.25, 0.3) is 11.5 Å². The molecule has 0 radical (unpaired) electrons. The number of hydrogen-bond donors (Lipinski definition) is 2. The number of anilines is 1. The second kappa shape index (κ2) is 9.61. The molecule has 1 aliphatic rings. The van der Waals surface area contributed by atoms with Crippen LogP contribution in [0.25, 0.3) is 20.7 Å². The number of para-hydroxylation sites is 1. The summed E-state index contributed by atoms with van der Waals surface area (Å²) in [5, 5.41) is 5.84. The summed E-state index contributed by atoms with van der Waals surface area (Å²) in [6, 6.07) is 18.8. The minimum absolute atomic E-state index is 0.180. The van der Waals surface area contributed by atoms with Gasteiger partial charge in [0.05, 0.1) is 23.1 Å². The van der Waals surface area contributed by atoms with E-state index in [4.69, 9.17) is 0 Å². The summed E-state index contributed by atoms with van der Waals surface area (Å²) >= 11 is 1.36. The Morgan fingerprint density at radius 2 is 1.76 bits per heavy atom. The molecule has 0 bridgehead atoms. The van der Waals surface area contributed by atoms with Crippen LogP contribution in [0.4, 0.5) is 5.69 Å². The van der Waals surface area contributed by atoms with Gasteiger partial charge < -0.3 is 10.6 Å². The zero-order valence-electron chi connectivity index (χ0n) is 18.5. The molecule has 0 saturated heterocycles. The molecule has 2 heterocycles. The van der Waals surface area contributed by atoms with Gasteiger partial charge in [-0.1, -0.05) is 55.3 Å². The van der Waals surface area contributed by atoms with Crippen molar-refractivity contribution in [2.45, 2.75) is 38.3 Å². The van der Waals surface area contributed by atoms with Crippen molar-refractivity contribution in [3.8, 4) is 10.4 Å². The highest BCUT2D eigenvalue weighted by molar-refractivity contribution is 7.22. The van der Waals surface area contributed by atoms with Gasteiger partial charge in [-0.25, -0.2) is 4.98 Å². The standard InChI is InChI=1S/C26H24N4O3S/c31-23(29-20-13-7-6-12-19(20)25(32)28-18-10-4-5-11-18)15-30-16-27-21-14-22(34-24(21)26(30)33)17-8-2-1-3-9-17/h1-3,6-9,12-14,16,18H,4-5,10-11,15H2,(H,28,32)(H,29,31). The number of fused-ring (bicyclic) bond motifs is 1. The first-order chi connectivity index (χ1) is 16.6. The van der Waals surface area contributed by atoms with Gasteiger partial charge in [-0.15, -0.1) is 11.3 Å². The summed E-state index contributed by atoms with van der Waals surface area (Å²) in [6.07, 6.45) is 5.59. The molecule has 2 N–H and O–H groups in total. The number of aromatic nitrogens is 2. The van der Waals surface area contributed by atoms with Gasteiger partial charge in [0.1, 0.15) is 11.2 Å². The third-order valence-electron chi connectivity index (χ3n) is 6.01. The van der Waals surface area contributed by atoms with E-state index in [0.717, 1.165) is 36.1 Å². The van der Waals surface area contributed by atoms with E-state index in [1.165, 1.54) is 22.2 Å². The number of nitrogens with one attached hydrogen (secondary N) is 2. The fourth-order valence-corrected chi connectivity index (χ4v) is 5.34. The summed E-state index contributed by atoms with van der Waals surface area (Å²) in [4.78, 5) is 43.9. The quantitative estimate of drug-likeness (QED) is 0.434. The highest BCUT2D eigenvalue weighted by Gasteiger charge is 2.20. The normalized spacial score (nSPS) is 13.8. The van der Waals surface area contributed by atoms with Crippen molar-refractivity contribution < 1.29 is 9.59 Å². The summed E-state index contributed by atoms with van der Waals surface area (Å²) in [5.41, 5.74) is 2.20. The molecule has 1 saturated carbocycles. The van der Waals surface area contributed by atoms with Crippen LogP contribution in [0, 0.1) is 0 Å². The molecule has 172 valence electrons. The van der Waals surface area contributed by atoms with E-state index in [0.29, 0.717) is 21.5 Å². The van der Waals surface area contributed by atoms with Crippen molar-refractivity contribution in [2.75, 3.05) is 5.32 Å². The number of thiophene rings is 1. The number of carbonyl (C=O) groups excluding carboxylic acids is 2. The average molecular weight is 473 g/mol. The lowest BCUT2D eigenvalue weighted by molar-refractivity contribution is -0.116. The average Bonchev–Trinajstić information content (AvgIpc) is 3.52. The number of rotatable bonds is 6. The van der Waals surface area contributed by atoms with Gasteiger partial charge in [-0.2, -0.15) is 0 Å². The van der Waals surface area contributed by atoms with Crippen LogP contribution in [0.3, 0.4) is 0 Å². The van der Waals surface area contributed by atoms with Crippen molar-refractivity contribution in [2.24, 2.45) is 0 Å². The number of amides is 2. The second-order valence-corrected chi connectivity index (χ2v) is 9.47. The smallest absolute Gasteiger partial charge is 0.271 e. The lowest BCUT2D eigenvalue weighted by atomic mass is 10.1. The molecule has 0 aliphatic heterocycles. The van der Waals surface area contributed by atoms with Gasteiger partial charge in [0.2, 0.25) is 5.91 Å². The van der Waals surface area contributed by atoms with Crippen LogP contribution in [-0.2, 0) is 11.3 Å². The number of benzene rings is 2. The molecule has 2 aromatic carbocycles. The lowest BCUT2D eigenvalue weighted by Crippen LogP contribution is -2.33. The van der Waals surface area contributed by atoms with Gasteiger partial charge in [0.15, 0.2) is 0 Å². The van der Waals surface area contributed by atoms with E-state index in [-0.39, 0.29) is 24.1 Å². The first-order valence-electron chi connectivity index (χ1n) is 11.3. The third-order valence-corrected chi connectivity index (χ3v) is 7.17. The Balaban J connectivity index is 1.33. The number of carbonyl (C=O) groups is 2. The summed E-state index contributed by atoms with van der Waals surface area (Å²) in [6.45, 7) is -0.196. The molecule has 34 heavy (non-hydrogen) atoms. The molecular weight excluding hydrogens is 448 g/mol. The Labute approximate surface area is 200 Å². The summed E-state index contributed by atoms with van der Waals surface area (Å²) < 4.78 is 1.80. The SMILES string of the molecule is O=C(Cn1cnc2cc(-c3ccccc3)sc2c1=O)Nc1ccccc1C(=O)NC1CCCC1. The molecule has 0 atom stereocenters. The highest BCUT2D eigenvalue weighted by atomic mass is 32.1. The van der Waals surface area contributed by atoms with E-state index < -0.39 is 5.91 Å². The maximum Gasteiger partial charge on any atom is 0.271 e. The minimum atomic E-state index is -0.399. The van der Waals surface area contributed by atoms with E-state index in [1.807, 2.05) is 36.4 Å². The fraction of sp³-hybridized carbons (Fsp3) is 0.231. The Bertz CT molecular complexity index is 1400. The molecule has 1 fully saturated rings. The van der Waals surface area contributed by atoms with Crippen LogP contribution < -0.4 is 16.2 Å². The van der Waals surface area contributed by atoms with Crippen LogP contribution in [0.5, 0.6) is 0 Å². The van der Waals surface area contributed by atoms with Crippen LogP contribution in [0.15, 0.2) is 71.8 Å². The molecule has 0 unspecified atom stereocenters. The van der Waals surface area contributed by atoms with Crippen molar-refractivity contribution in [1.82, 2.24) is 14.9 Å². The van der Waals surface area contributed by atoms with Crippen molar-refractivity contribution in [3.05, 3.63) is 82.9 Å². The molecule has 7 nitrogen and oxygen atoms in total. The summed E-state index contributed by atoms with van der Waals surface area (Å²) in [7, 11) is 0. The molecule has 0 spiro atoms. The Morgan fingerprint density at radius 3 is 2.56 bits per heavy atom. The molecule has 4 aromatic rings. The Morgan fingerprint density at radius 1 is 1.03 bits per heavy atom. The van der Waals surface area contributed by atoms with Crippen LogP contribution >= 0.6 is 11.3 Å². The van der Waals surface area contributed by atoms with E-state index in [9.17, 15) is 14.4 Å². The monoisotopic (exact) mass is 472 g/mol. The minimum Gasteiger partial charge on any atom is -0.349 e. The Hall–Kier alpha value is -3.78. The maximum atomic E-state index is 13.0. The first kappa shape index (κ1) is 22.0. The largest absolute Gasteiger partial charge is 0.349 e.